The van der Waals surface area contributed by atoms with Crippen molar-refractivity contribution in [2.45, 2.75) is 5.92 Å². The third-order valence-electron chi connectivity index (χ3n) is 3.80. The molecule has 0 spiro atoms. The van der Waals surface area contributed by atoms with Crippen LogP contribution in [0.2, 0.25) is 10.0 Å². The largest absolute Gasteiger partial charge is 0.298 e. The minimum atomic E-state index is -0.0548. The predicted molar refractivity (Wildman–Crippen MR) is 95.7 cm³/mol. The van der Waals surface area contributed by atoms with Gasteiger partial charge >= 0.3 is 0 Å². The van der Waals surface area contributed by atoms with Gasteiger partial charge in [-0.15, -0.1) is 0 Å². The molecule has 0 aliphatic heterocycles. The van der Waals surface area contributed by atoms with Crippen LogP contribution in [0.1, 0.15) is 33.0 Å². The molecule has 0 saturated carbocycles. The van der Waals surface area contributed by atoms with Crippen molar-refractivity contribution in [3.05, 3.63) is 105 Å². The van der Waals surface area contributed by atoms with Gasteiger partial charge in [-0.3, -0.25) is 4.79 Å². The molecule has 0 radical (unpaired) electrons. The molecule has 0 aromatic heterocycles. The zero-order valence-electron chi connectivity index (χ0n) is 12.2. The normalized spacial score (nSPS) is 11.9. The van der Waals surface area contributed by atoms with Crippen molar-refractivity contribution >= 4 is 29.5 Å². The molecule has 23 heavy (non-hydrogen) atoms. The maximum Gasteiger partial charge on any atom is 0.150 e. The van der Waals surface area contributed by atoms with Gasteiger partial charge in [-0.25, -0.2) is 0 Å². The first-order valence-corrected chi connectivity index (χ1v) is 7.99. The molecule has 0 aliphatic rings. The van der Waals surface area contributed by atoms with Crippen LogP contribution < -0.4 is 0 Å². The molecule has 114 valence electrons. The van der Waals surface area contributed by atoms with Crippen molar-refractivity contribution in [2.24, 2.45) is 0 Å². The monoisotopic (exact) mass is 340 g/mol. The molecule has 1 unspecified atom stereocenters. The Hall–Kier alpha value is -2.09. The van der Waals surface area contributed by atoms with E-state index in [2.05, 4.69) is 0 Å². The van der Waals surface area contributed by atoms with Crippen LogP contribution in [0.3, 0.4) is 0 Å². The number of hydrogen-bond donors (Lipinski definition) is 0. The van der Waals surface area contributed by atoms with Crippen molar-refractivity contribution in [3.8, 4) is 0 Å². The van der Waals surface area contributed by atoms with Crippen LogP contribution in [0.25, 0.3) is 0 Å². The number of benzene rings is 3. The fourth-order valence-corrected chi connectivity index (χ4v) is 3.10. The fraction of sp³-hybridized carbons (Fsp3) is 0.0500. The van der Waals surface area contributed by atoms with Crippen molar-refractivity contribution < 1.29 is 4.79 Å². The van der Waals surface area contributed by atoms with Crippen LogP contribution in [0.5, 0.6) is 0 Å². The van der Waals surface area contributed by atoms with Crippen LogP contribution in [0.4, 0.5) is 0 Å². The number of aldehydes is 1. The molecule has 1 atom stereocenters. The molecule has 3 heteroatoms. The Morgan fingerprint density at radius 3 is 2.22 bits per heavy atom. The van der Waals surface area contributed by atoms with E-state index in [0.29, 0.717) is 15.6 Å². The second-order valence-corrected chi connectivity index (χ2v) is 6.14. The zero-order valence-corrected chi connectivity index (χ0v) is 13.8. The van der Waals surface area contributed by atoms with Crippen molar-refractivity contribution in [3.63, 3.8) is 0 Å². The summed E-state index contributed by atoms with van der Waals surface area (Å²) in [5, 5.41) is 1.39. The van der Waals surface area contributed by atoms with Gasteiger partial charge in [-0.05, 0) is 41.0 Å². The standard InChI is InChI=1S/C20H14Cl2O/c21-17-10-8-15(9-11-17)20(18-6-1-2-7-19(18)22)16-5-3-4-14(12-16)13-23/h1-13,20H. The second kappa shape index (κ2) is 6.99. The van der Waals surface area contributed by atoms with E-state index >= 15 is 0 Å². The Morgan fingerprint density at radius 1 is 0.783 bits per heavy atom. The van der Waals surface area contributed by atoms with Gasteiger partial charge < -0.3 is 0 Å². The van der Waals surface area contributed by atoms with Crippen LogP contribution in [-0.4, -0.2) is 6.29 Å². The van der Waals surface area contributed by atoms with E-state index in [1.165, 1.54) is 0 Å². The summed E-state index contributed by atoms with van der Waals surface area (Å²) in [7, 11) is 0. The number of carbonyl (C=O) groups excluding carboxylic acids is 1. The molecule has 0 heterocycles. The number of halogens is 2. The van der Waals surface area contributed by atoms with Crippen molar-refractivity contribution in [1.29, 1.82) is 0 Å². The van der Waals surface area contributed by atoms with Gasteiger partial charge in [0.25, 0.3) is 0 Å². The lowest BCUT2D eigenvalue weighted by Gasteiger charge is -2.20. The molecule has 0 saturated heterocycles. The topological polar surface area (TPSA) is 17.1 Å². The molecule has 3 aromatic carbocycles. The maximum atomic E-state index is 11.1. The average Bonchev–Trinajstić information content (AvgIpc) is 2.59. The third-order valence-corrected chi connectivity index (χ3v) is 4.40. The lowest BCUT2D eigenvalue weighted by atomic mass is 9.84. The SMILES string of the molecule is O=Cc1cccc(C(c2ccc(Cl)cc2)c2ccccc2Cl)c1. The number of hydrogen-bond acceptors (Lipinski definition) is 1. The molecular weight excluding hydrogens is 327 g/mol. The second-order valence-electron chi connectivity index (χ2n) is 5.29. The van der Waals surface area contributed by atoms with E-state index in [-0.39, 0.29) is 5.92 Å². The highest BCUT2D eigenvalue weighted by Gasteiger charge is 2.19. The Labute approximate surface area is 145 Å². The summed E-state index contributed by atoms with van der Waals surface area (Å²) in [6.45, 7) is 0. The smallest absolute Gasteiger partial charge is 0.150 e. The maximum absolute atomic E-state index is 11.1. The molecule has 0 fully saturated rings. The third kappa shape index (κ3) is 3.47. The molecule has 0 aliphatic carbocycles. The summed E-state index contributed by atoms with van der Waals surface area (Å²) < 4.78 is 0. The lowest BCUT2D eigenvalue weighted by molar-refractivity contribution is 0.112. The van der Waals surface area contributed by atoms with Gasteiger partial charge in [0, 0.05) is 21.5 Å². The van der Waals surface area contributed by atoms with Gasteiger partial charge in [0.1, 0.15) is 6.29 Å². The molecule has 1 nitrogen and oxygen atoms in total. The van der Waals surface area contributed by atoms with Crippen LogP contribution >= 0.6 is 23.2 Å². The highest BCUT2D eigenvalue weighted by Crippen LogP contribution is 2.36. The van der Waals surface area contributed by atoms with E-state index in [1.807, 2.05) is 66.7 Å². The van der Waals surface area contributed by atoms with Crippen LogP contribution in [0.15, 0.2) is 72.8 Å². The van der Waals surface area contributed by atoms with Crippen LogP contribution in [-0.2, 0) is 0 Å². The quantitative estimate of drug-likeness (QED) is 0.421. The minimum absolute atomic E-state index is 0.0548. The molecule has 3 aromatic rings. The van der Waals surface area contributed by atoms with Gasteiger partial charge in [-0.2, -0.15) is 0 Å². The summed E-state index contributed by atoms with van der Waals surface area (Å²) in [5.41, 5.74) is 3.74. The summed E-state index contributed by atoms with van der Waals surface area (Å²) in [5.74, 6) is -0.0548. The summed E-state index contributed by atoms with van der Waals surface area (Å²) >= 11 is 12.4. The Bertz CT molecular complexity index is 825. The Kier molecular flexibility index (Phi) is 4.80. The number of rotatable bonds is 4. The van der Waals surface area contributed by atoms with E-state index in [4.69, 9.17) is 23.2 Å². The Balaban J connectivity index is 2.19. The molecular formula is C20H14Cl2O. The Morgan fingerprint density at radius 2 is 1.52 bits per heavy atom. The number of carbonyl (C=O) groups is 1. The zero-order chi connectivity index (χ0) is 16.2. The van der Waals surface area contributed by atoms with E-state index in [9.17, 15) is 4.79 Å². The first-order valence-electron chi connectivity index (χ1n) is 7.24. The molecule has 0 bridgehead atoms. The highest BCUT2D eigenvalue weighted by atomic mass is 35.5. The minimum Gasteiger partial charge on any atom is -0.298 e. The highest BCUT2D eigenvalue weighted by molar-refractivity contribution is 6.31. The summed E-state index contributed by atoms with van der Waals surface area (Å²) in [6.07, 6.45) is 0.856. The van der Waals surface area contributed by atoms with E-state index < -0.39 is 0 Å². The van der Waals surface area contributed by atoms with Gasteiger partial charge in [0.2, 0.25) is 0 Å². The van der Waals surface area contributed by atoms with Gasteiger partial charge in [0.05, 0.1) is 0 Å². The van der Waals surface area contributed by atoms with E-state index in [1.54, 1.807) is 6.07 Å². The molecule has 0 amide bonds. The summed E-state index contributed by atoms with van der Waals surface area (Å²) in [6, 6.07) is 23.1. The fourth-order valence-electron chi connectivity index (χ4n) is 2.73. The first kappa shape index (κ1) is 15.8. The molecule has 0 N–H and O–H groups in total. The van der Waals surface area contributed by atoms with Gasteiger partial charge in [-0.1, -0.05) is 71.7 Å². The van der Waals surface area contributed by atoms with Crippen molar-refractivity contribution in [1.82, 2.24) is 0 Å². The average molecular weight is 341 g/mol. The molecule has 3 rings (SSSR count). The first-order chi connectivity index (χ1) is 11.2. The van der Waals surface area contributed by atoms with E-state index in [0.717, 1.165) is 23.0 Å². The summed E-state index contributed by atoms with van der Waals surface area (Å²) in [4.78, 5) is 11.1. The predicted octanol–water partition coefficient (Wildman–Crippen LogP) is 5.99. The van der Waals surface area contributed by atoms with Crippen molar-refractivity contribution in [2.75, 3.05) is 0 Å². The van der Waals surface area contributed by atoms with Crippen LogP contribution in [0, 0.1) is 0 Å². The lowest BCUT2D eigenvalue weighted by Crippen LogP contribution is -2.04. The van der Waals surface area contributed by atoms with Gasteiger partial charge in [0.15, 0.2) is 0 Å².